The highest BCUT2D eigenvalue weighted by molar-refractivity contribution is 7.13. The highest BCUT2D eigenvalue weighted by Gasteiger charge is 2.38. The van der Waals surface area contributed by atoms with Gasteiger partial charge in [0.05, 0.1) is 14.2 Å². The number of benzene rings is 2. The Balaban J connectivity index is 0.00000468. The molecule has 3 aliphatic heterocycles. The van der Waals surface area contributed by atoms with Gasteiger partial charge in [0.2, 0.25) is 0 Å². The SMILES string of the molecule is COc1ccc([C@@H](Cc2c(Cl)c[nH+]cc2Cl)OC(=O)c2ccc(CNC(C(=O)O[C@H]3CN4CCC3CC4)c3ccccc3)s2)cc1OC.[OH-]. The number of fused-ring (bicyclic) bond motifs is 3. The molecule has 3 fully saturated rings. The second kappa shape index (κ2) is 16.8. The van der Waals surface area contributed by atoms with Crippen molar-refractivity contribution < 1.29 is 39.0 Å². The number of nitrogens with one attached hydrogen (secondary N) is 2. The first-order chi connectivity index (χ1) is 23.3. The summed E-state index contributed by atoms with van der Waals surface area (Å²) < 4.78 is 23.1. The van der Waals surface area contributed by atoms with Crippen LogP contribution in [0.25, 0.3) is 0 Å². The number of aromatic nitrogens is 1. The molecular formula is C36H39Cl2N3O7S. The summed E-state index contributed by atoms with van der Waals surface area (Å²) in [5.74, 6) is 0.677. The van der Waals surface area contributed by atoms with Crippen LogP contribution in [-0.4, -0.2) is 62.3 Å². The molecule has 3 aliphatic rings. The number of halogens is 2. The molecule has 0 radical (unpaired) electrons. The number of H-pyrrole nitrogens is 1. The molecule has 0 spiro atoms. The Morgan fingerprint density at radius 2 is 1.67 bits per heavy atom. The largest absolute Gasteiger partial charge is 0.870 e. The van der Waals surface area contributed by atoms with Gasteiger partial charge in [0.25, 0.3) is 0 Å². The Bertz CT molecular complexity index is 1710. The van der Waals surface area contributed by atoms with E-state index in [2.05, 4.69) is 15.2 Å². The van der Waals surface area contributed by atoms with Crippen LogP contribution < -0.4 is 19.8 Å². The zero-order valence-electron chi connectivity index (χ0n) is 27.2. The van der Waals surface area contributed by atoms with E-state index in [0.29, 0.717) is 50.0 Å². The van der Waals surface area contributed by atoms with E-state index in [1.54, 1.807) is 44.8 Å². The average molecular weight is 729 g/mol. The van der Waals surface area contributed by atoms with E-state index in [4.69, 9.17) is 42.1 Å². The van der Waals surface area contributed by atoms with Crippen molar-refractivity contribution in [1.82, 2.24) is 10.2 Å². The highest BCUT2D eigenvalue weighted by Crippen LogP contribution is 2.36. The summed E-state index contributed by atoms with van der Waals surface area (Å²) in [6, 6.07) is 17.9. The minimum absolute atomic E-state index is 0. The molecule has 2 aromatic heterocycles. The zero-order chi connectivity index (χ0) is 33.6. The van der Waals surface area contributed by atoms with Crippen LogP contribution in [0.2, 0.25) is 10.0 Å². The molecule has 3 N–H and O–H groups in total. The number of piperidine rings is 3. The summed E-state index contributed by atoms with van der Waals surface area (Å²) in [6.45, 7) is 3.30. The fourth-order valence-electron chi connectivity index (χ4n) is 6.35. The molecule has 5 heterocycles. The van der Waals surface area contributed by atoms with Crippen molar-refractivity contribution in [3.8, 4) is 11.5 Å². The highest BCUT2D eigenvalue weighted by atomic mass is 35.5. The number of nitrogens with zero attached hydrogens (tertiary/aromatic N) is 1. The monoisotopic (exact) mass is 727 g/mol. The first kappa shape index (κ1) is 36.6. The van der Waals surface area contributed by atoms with Gasteiger partial charge in [-0.1, -0.05) is 59.6 Å². The number of carbonyl (C=O) groups is 2. The predicted octanol–water partition coefficient (Wildman–Crippen LogP) is 6.32. The van der Waals surface area contributed by atoms with Crippen LogP contribution in [0.5, 0.6) is 11.5 Å². The van der Waals surface area contributed by atoms with E-state index in [0.717, 1.165) is 42.9 Å². The van der Waals surface area contributed by atoms with Gasteiger partial charge in [-0.3, -0.25) is 10.2 Å². The fourth-order valence-corrected chi connectivity index (χ4v) is 7.73. The molecule has 2 bridgehead atoms. The van der Waals surface area contributed by atoms with Crippen LogP contribution in [-0.2, 0) is 27.2 Å². The number of esters is 2. The minimum Gasteiger partial charge on any atom is -0.870 e. The van der Waals surface area contributed by atoms with E-state index in [1.807, 2.05) is 42.5 Å². The summed E-state index contributed by atoms with van der Waals surface area (Å²) in [7, 11) is 3.10. The normalized spacial score (nSPS) is 19.3. The van der Waals surface area contributed by atoms with Gasteiger partial charge in [-0.25, -0.2) is 14.6 Å². The van der Waals surface area contributed by atoms with Crippen molar-refractivity contribution in [2.24, 2.45) is 5.92 Å². The summed E-state index contributed by atoms with van der Waals surface area (Å²) in [6.07, 6.45) is 4.79. The lowest BCUT2D eigenvalue weighted by molar-refractivity contribution is -0.377. The number of methoxy groups -OCH3 is 2. The van der Waals surface area contributed by atoms with E-state index in [9.17, 15) is 9.59 Å². The summed E-state index contributed by atoms with van der Waals surface area (Å²) in [5, 5.41) is 4.23. The van der Waals surface area contributed by atoms with Crippen molar-refractivity contribution in [2.45, 2.75) is 44.1 Å². The standard InChI is InChI=1S/C36H37Cl2N3O6S.H2O/c1-44-29-10-8-24(16-31(29)45-2)30(17-26-27(37)19-39-20-28(26)38)46-35(42)33-11-9-25(48-33)18-40-34(23-6-4-3-5-7-23)36(43)47-32-21-41-14-12-22(32)13-15-41;/h3-11,16,19-20,22,30,32,34,40H,12-15,17-18,21H2,1-2H3;1H2/t30-,32+,34?;/m1./s1. The van der Waals surface area contributed by atoms with E-state index < -0.39 is 18.1 Å². The van der Waals surface area contributed by atoms with Crippen molar-refractivity contribution in [3.63, 3.8) is 0 Å². The van der Waals surface area contributed by atoms with Crippen molar-refractivity contribution in [2.75, 3.05) is 33.9 Å². The minimum atomic E-state index is -0.734. The van der Waals surface area contributed by atoms with E-state index in [1.165, 1.54) is 11.3 Å². The molecule has 10 nitrogen and oxygen atoms in total. The molecule has 1 unspecified atom stereocenters. The van der Waals surface area contributed by atoms with Crippen molar-refractivity contribution >= 4 is 46.5 Å². The van der Waals surface area contributed by atoms with Crippen molar-refractivity contribution in [3.05, 3.63) is 110 Å². The molecule has 13 heteroatoms. The maximum Gasteiger partial charge on any atom is 0.348 e. The molecule has 0 saturated carbocycles. The molecule has 0 aliphatic carbocycles. The number of hydrogen-bond acceptors (Lipinski definition) is 10. The Morgan fingerprint density at radius 1 is 0.959 bits per heavy atom. The molecule has 7 rings (SSSR count). The molecule has 2 aromatic carbocycles. The molecule has 260 valence electrons. The van der Waals surface area contributed by atoms with Crippen LogP contribution in [0.3, 0.4) is 0 Å². The zero-order valence-corrected chi connectivity index (χ0v) is 29.5. The molecule has 3 atom stereocenters. The summed E-state index contributed by atoms with van der Waals surface area (Å²) >= 11 is 14.3. The Morgan fingerprint density at radius 3 is 2.33 bits per heavy atom. The third-order valence-electron chi connectivity index (χ3n) is 8.99. The van der Waals surface area contributed by atoms with Crippen LogP contribution in [0, 0.1) is 5.92 Å². The number of pyridine rings is 1. The molecule has 49 heavy (non-hydrogen) atoms. The maximum atomic E-state index is 13.6. The van der Waals surface area contributed by atoms with Crippen LogP contribution in [0.15, 0.2) is 73.1 Å². The topological polar surface area (TPSA) is 130 Å². The number of thiophene rings is 1. The van der Waals surface area contributed by atoms with Crippen LogP contribution >= 0.6 is 34.5 Å². The molecular weight excluding hydrogens is 689 g/mol. The Labute approximate surface area is 299 Å². The molecule has 3 saturated heterocycles. The maximum absolute atomic E-state index is 13.6. The molecule has 4 aromatic rings. The second-order valence-electron chi connectivity index (χ2n) is 11.9. The number of rotatable bonds is 13. The second-order valence-corrected chi connectivity index (χ2v) is 13.9. The van der Waals surface area contributed by atoms with Gasteiger partial charge in [0, 0.05) is 30.0 Å². The summed E-state index contributed by atoms with van der Waals surface area (Å²) in [5.41, 5.74) is 2.15. The third-order valence-corrected chi connectivity index (χ3v) is 10.7. The van der Waals surface area contributed by atoms with Gasteiger partial charge in [-0.2, -0.15) is 0 Å². The van der Waals surface area contributed by atoms with Crippen LogP contribution in [0.1, 0.15) is 56.2 Å². The van der Waals surface area contributed by atoms with Gasteiger partial charge >= 0.3 is 11.9 Å². The first-order valence-corrected chi connectivity index (χ1v) is 17.5. The van der Waals surface area contributed by atoms with Gasteiger partial charge in [0.15, 0.2) is 23.9 Å². The predicted molar refractivity (Wildman–Crippen MR) is 186 cm³/mol. The number of carbonyl (C=O) groups excluding carboxylic acids is 2. The van der Waals surface area contributed by atoms with Crippen LogP contribution in [0.4, 0.5) is 0 Å². The lowest BCUT2D eigenvalue weighted by Crippen LogP contribution is -2.52. The van der Waals surface area contributed by atoms with Gasteiger partial charge in [-0.15, -0.1) is 11.3 Å². The smallest absolute Gasteiger partial charge is 0.348 e. The fraction of sp³-hybridized carbons (Fsp3) is 0.361. The Hall–Kier alpha value is -3.71. The number of aromatic amines is 1. The number of ether oxygens (including phenoxy) is 4. The third kappa shape index (κ3) is 8.72. The quantitative estimate of drug-likeness (QED) is 0.157. The Kier molecular flexibility index (Phi) is 12.5. The first-order valence-electron chi connectivity index (χ1n) is 15.9. The van der Waals surface area contributed by atoms with E-state index in [-0.39, 0.29) is 24.0 Å². The summed E-state index contributed by atoms with van der Waals surface area (Å²) in [4.78, 5) is 33.7. The van der Waals surface area contributed by atoms with Gasteiger partial charge in [-0.05, 0) is 67.2 Å². The average Bonchev–Trinajstić information content (AvgIpc) is 3.59. The number of hydrogen-bond donors (Lipinski definition) is 1. The van der Waals surface area contributed by atoms with E-state index >= 15 is 0 Å². The lowest BCUT2D eigenvalue weighted by Gasteiger charge is -2.44. The van der Waals surface area contributed by atoms with Crippen molar-refractivity contribution in [1.29, 1.82) is 0 Å². The molecule has 0 amide bonds. The lowest BCUT2D eigenvalue weighted by atomic mass is 9.86. The van der Waals surface area contributed by atoms with Gasteiger partial charge in [0.1, 0.15) is 33.2 Å². The van der Waals surface area contributed by atoms with Gasteiger partial charge < -0.3 is 24.4 Å².